The number of halogens is 1. The second kappa shape index (κ2) is 8.79. The average molecular weight is 415 g/mol. The number of ether oxygens (including phenoxy) is 1. The van der Waals surface area contributed by atoms with Gasteiger partial charge in [-0.15, -0.1) is 0 Å². The highest BCUT2D eigenvalue weighted by atomic mass is 35.5. The largest absolute Gasteiger partial charge is 0.548 e. The minimum Gasteiger partial charge on any atom is -0.548 e. The zero-order valence-corrected chi connectivity index (χ0v) is 16.2. The first kappa shape index (κ1) is 20.4. The summed E-state index contributed by atoms with van der Waals surface area (Å²) in [5, 5.41) is 15.0. The van der Waals surface area contributed by atoms with Crippen LogP contribution in [0, 0.1) is 0 Å². The standard InChI is InChI=1S/C21H18ClNO6/c1-28-15-6-7-16-13(10-20(25)29-18(16)11-15)9-19(24)23-17(21(26)27)8-12-2-4-14(22)5-3-12/h2-7,10-11,17H,8-9H2,1H3,(H,23,24)(H,26,27)/p-1/t17-/m1/s1. The molecule has 29 heavy (non-hydrogen) atoms. The van der Waals surface area contributed by atoms with E-state index in [2.05, 4.69) is 5.32 Å². The van der Waals surface area contributed by atoms with Crippen LogP contribution in [0.2, 0.25) is 5.02 Å². The van der Waals surface area contributed by atoms with E-state index in [4.69, 9.17) is 20.8 Å². The molecule has 0 saturated heterocycles. The van der Waals surface area contributed by atoms with E-state index in [0.29, 0.717) is 27.3 Å². The second-order valence-electron chi connectivity index (χ2n) is 6.40. The van der Waals surface area contributed by atoms with E-state index in [0.717, 1.165) is 0 Å². The van der Waals surface area contributed by atoms with Gasteiger partial charge < -0.3 is 24.4 Å². The Balaban J connectivity index is 1.78. The highest BCUT2D eigenvalue weighted by Crippen LogP contribution is 2.23. The van der Waals surface area contributed by atoms with E-state index < -0.39 is 23.5 Å². The van der Waals surface area contributed by atoms with Crippen molar-refractivity contribution in [3.05, 3.63) is 75.1 Å². The van der Waals surface area contributed by atoms with Gasteiger partial charge in [-0.25, -0.2) is 4.79 Å². The normalized spacial score (nSPS) is 11.8. The van der Waals surface area contributed by atoms with E-state index in [1.165, 1.54) is 13.2 Å². The molecule has 0 aliphatic heterocycles. The predicted molar refractivity (Wildman–Crippen MR) is 105 cm³/mol. The van der Waals surface area contributed by atoms with E-state index in [1.807, 2.05) is 0 Å². The summed E-state index contributed by atoms with van der Waals surface area (Å²) in [4.78, 5) is 35.8. The Hall–Kier alpha value is -3.32. The Morgan fingerprint density at radius 3 is 2.55 bits per heavy atom. The van der Waals surface area contributed by atoms with Crippen LogP contribution in [0.5, 0.6) is 5.75 Å². The van der Waals surface area contributed by atoms with Gasteiger partial charge in [0.1, 0.15) is 11.3 Å². The number of methoxy groups -OCH3 is 1. The van der Waals surface area contributed by atoms with Crippen molar-refractivity contribution in [2.75, 3.05) is 7.11 Å². The van der Waals surface area contributed by atoms with Crippen LogP contribution in [0.1, 0.15) is 11.1 Å². The molecular weight excluding hydrogens is 398 g/mol. The molecule has 0 saturated carbocycles. The predicted octanol–water partition coefficient (Wildman–Crippen LogP) is 1.47. The minimum atomic E-state index is -1.41. The van der Waals surface area contributed by atoms with Gasteiger partial charge in [0, 0.05) is 22.5 Å². The molecule has 1 N–H and O–H groups in total. The summed E-state index contributed by atoms with van der Waals surface area (Å²) >= 11 is 5.83. The molecule has 1 amide bonds. The van der Waals surface area contributed by atoms with Crippen molar-refractivity contribution in [3.8, 4) is 5.75 Å². The van der Waals surface area contributed by atoms with Crippen LogP contribution in [0.15, 0.2) is 57.7 Å². The molecule has 1 heterocycles. The van der Waals surface area contributed by atoms with Crippen molar-refractivity contribution in [3.63, 3.8) is 0 Å². The Kier molecular flexibility index (Phi) is 6.19. The van der Waals surface area contributed by atoms with Crippen molar-refractivity contribution in [2.24, 2.45) is 0 Å². The Morgan fingerprint density at radius 1 is 1.17 bits per heavy atom. The third kappa shape index (κ3) is 5.14. The molecule has 0 unspecified atom stereocenters. The maximum atomic E-state index is 12.5. The molecule has 3 rings (SSSR count). The average Bonchev–Trinajstić information content (AvgIpc) is 2.68. The van der Waals surface area contributed by atoms with Gasteiger partial charge in [-0.05, 0) is 41.8 Å². The summed E-state index contributed by atoms with van der Waals surface area (Å²) in [7, 11) is 1.48. The van der Waals surface area contributed by atoms with Gasteiger partial charge >= 0.3 is 5.63 Å². The molecule has 1 aromatic heterocycles. The second-order valence-corrected chi connectivity index (χ2v) is 6.84. The quantitative estimate of drug-likeness (QED) is 0.586. The molecule has 8 heteroatoms. The zero-order chi connectivity index (χ0) is 21.0. The molecule has 0 aliphatic carbocycles. The fourth-order valence-corrected chi connectivity index (χ4v) is 3.08. The van der Waals surface area contributed by atoms with Crippen molar-refractivity contribution in [1.29, 1.82) is 0 Å². The number of rotatable bonds is 7. The molecule has 0 spiro atoms. The molecule has 150 valence electrons. The third-order valence-corrected chi connectivity index (χ3v) is 4.61. The van der Waals surface area contributed by atoms with E-state index in [-0.39, 0.29) is 18.4 Å². The van der Waals surface area contributed by atoms with Gasteiger partial charge in [0.05, 0.1) is 25.5 Å². The fourth-order valence-electron chi connectivity index (χ4n) is 2.95. The molecule has 7 nitrogen and oxygen atoms in total. The van der Waals surface area contributed by atoms with Crippen molar-refractivity contribution < 1.29 is 23.8 Å². The lowest BCUT2D eigenvalue weighted by molar-refractivity contribution is -0.308. The van der Waals surface area contributed by atoms with Gasteiger partial charge in [0.2, 0.25) is 5.91 Å². The topological polar surface area (TPSA) is 109 Å². The highest BCUT2D eigenvalue weighted by Gasteiger charge is 2.17. The van der Waals surface area contributed by atoms with Gasteiger partial charge in [0.25, 0.3) is 0 Å². The van der Waals surface area contributed by atoms with Crippen LogP contribution in [0.3, 0.4) is 0 Å². The number of carboxylic acids is 1. The summed E-state index contributed by atoms with van der Waals surface area (Å²) in [5.41, 5.74) is 0.755. The molecule has 2 aromatic carbocycles. The number of nitrogens with one attached hydrogen (secondary N) is 1. The molecule has 0 aliphatic rings. The number of hydrogen-bond donors (Lipinski definition) is 1. The lowest BCUT2D eigenvalue weighted by Gasteiger charge is -2.20. The smallest absolute Gasteiger partial charge is 0.336 e. The first-order valence-corrected chi connectivity index (χ1v) is 9.09. The molecular formula is C21H17ClNO6-. The number of carboxylic acid groups (broad SMARTS) is 1. The summed E-state index contributed by atoms with van der Waals surface area (Å²) < 4.78 is 10.3. The Labute approximate surface area is 170 Å². The lowest BCUT2D eigenvalue weighted by Crippen LogP contribution is -2.49. The number of fused-ring (bicyclic) bond motifs is 1. The minimum absolute atomic E-state index is 0.0418. The van der Waals surface area contributed by atoms with Crippen molar-refractivity contribution in [2.45, 2.75) is 18.9 Å². The first-order valence-electron chi connectivity index (χ1n) is 8.71. The maximum absolute atomic E-state index is 12.5. The van der Waals surface area contributed by atoms with Crippen molar-refractivity contribution >= 4 is 34.4 Å². The van der Waals surface area contributed by atoms with Crippen LogP contribution >= 0.6 is 11.6 Å². The van der Waals surface area contributed by atoms with Crippen LogP contribution in [-0.2, 0) is 22.4 Å². The maximum Gasteiger partial charge on any atom is 0.336 e. The Bertz CT molecular complexity index is 1110. The molecule has 0 fully saturated rings. The van der Waals surface area contributed by atoms with E-state index in [9.17, 15) is 19.5 Å². The SMILES string of the molecule is COc1ccc2c(CC(=O)N[C@H](Cc3ccc(Cl)cc3)C(=O)[O-])cc(=O)oc2c1. The first-order chi connectivity index (χ1) is 13.9. The number of amides is 1. The van der Waals surface area contributed by atoms with Crippen LogP contribution in [0.4, 0.5) is 0 Å². The summed E-state index contributed by atoms with van der Waals surface area (Å²) in [6.45, 7) is 0. The van der Waals surface area contributed by atoms with Crippen LogP contribution < -0.4 is 20.8 Å². The van der Waals surface area contributed by atoms with Crippen LogP contribution in [-0.4, -0.2) is 25.0 Å². The molecule has 0 bridgehead atoms. The van der Waals surface area contributed by atoms with Crippen LogP contribution in [0.25, 0.3) is 11.0 Å². The summed E-state index contributed by atoms with van der Waals surface area (Å²) in [6.07, 6.45) is -0.154. The van der Waals surface area contributed by atoms with Gasteiger partial charge in [-0.2, -0.15) is 0 Å². The van der Waals surface area contributed by atoms with E-state index in [1.54, 1.807) is 42.5 Å². The number of carbonyl (C=O) groups excluding carboxylic acids is 2. The lowest BCUT2D eigenvalue weighted by atomic mass is 10.0. The van der Waals surface area contributed by atoms with Crippen molar-refractivity contribution in [1.82, 2.24) is 5.32 Å². The summed E-state index contributed by atoms with van der Waals surface area (Å²) in [6, 6.07) is 11.5. The fraction of sp³-hybridized carbons (Fsp3) is 0.190. The summed E-state index contributed by atoms with van der Waals surface area (Å²) in [5.74, 6) is -1.46. The Morgan fingerprint density at radius 2 is 1.90 bits per heavy atom. The zero-order valence-electron chi connectivity index (χ0n) is 15.4. The highest BCUT2D eigenvalue weighted by molar-refractivity contribution is 6.30. The van der Waals surface area contributed by atoms with Gasteiger partial charge in [-0.1, -0.05) is 23.7 Å². The number of aliphatic carboxylic acids is 1. The monoisotopic (exact) mass is 414 g/mol. The third-order valence-electron chi connectivity index (χ3n) is 4.36. The van der Waals surface area contributed by atoms with Gasteiger partial charge in [0.15, 0.2) is 0 Å². The number of benzene rings is 2. The number of hydrogen-bond acceptors (Lipinski definition) is 6. The molecule has 0 radical (unpaired) electrons. The van der Waals surface area contributed by atoms with Gasteiger partial charge in [-0.3, -0.25) is 4.79 Å². The number of carbonyl (C=O) groups is 2. The molecule has 1 atom stereocenters. The molecule has 3 aromatic rings. The van der Waals surface area contributed by atoms with E-state index >= 15 is 0 Å².